The Kier molecular flexibility index (Phi) is 2.22. The van der Waals surface area contributed by atoms with Crippen molar-refractivity contribution in [1.29, 1.82) is 0 Å². The highest BCUT2D eigenvalue weighted by molar-refractivity contribution is 5.56. The van der Waals surface area contributed by atoms with Crippen LogP contribution in [0.5, 0.6) is 0 Å². The minimum atomic E-state index is 0.414. The quantitative estimate of drug-likeness (QED) is 0.575. The van der Waals surface area contributed by atoms with Gasteiger partial charge in [-0.3, -0.25) is 0 Å². The van der Waals surface area contributed by atoms with Crippen molar-refractivity contribution in [3.63, 3.8) is 0 Å². The van der Waals surface area contributed by atoms with Gasteiger partial charge in [-0.15, -0.1) is 0 Å². The summed E-state index contributed by atoms with van der Waals surface area (Å²) < 4.78 is 0. The van der Waals surface area contributed by atoms with Crippen molar-refractivity contribution in [1.82, 2.24) is 0 Å². The molecular formula is C14H18. The van der Waals surface area contributed by atoms with Gasteiger partial charge in [0.15, 0.2) is 0 Å². The van der Waals surface area contributed by atoms with Gasteiger partial charge in [0, 0.05) is 0 Å². The molecule has 0 atom stereocenters. The van der Waals surface area contributed by atoms with E-state index < -0.39 is 0 Å². The molecule has 2 rings (SSSR count). The molecule has 74 valence electrons. The summed E-state index contributed by atoms with van der Waals surface area (Å²) in [6, 6.07) is 6.78. The second-order valence-corrected chi connectivity index (χ2v) is 5.15. The first-order valence-corrected chi connectivity index (χ1v) is 5.33. The smallest absolute Gasteiger partial charge is 0.0218 e. The lowest BCUT2D eigenvalue weighted by atomic mass is 9.83. The largest absolute Gasteiger partial charge is 0.0834 e. The first-order valence-electron chi connectivity index (χ1n) is 5.33. The van der Waals surface area contributed by atoms with Gasteiger partial charge >= 0.3 is 0 Å². The van der Waals surface area contributed by atoms with Crippen LogP contribution in [0, 0.1) is 12.3 Å². The number of benzene rings is 1. The van der Waals surface area contributed by atoms with Crippen LogP contribution in [-0.2, 0) is 6.42 Å². The third kappa shape index (κ3) is 1.89. The van der Waals surface area contributed by atoms with E-state index in [1.165, 1.54) is 29.5 Å². The molecule has 1 aliphatic rings. The maximum atomic E-state index is 2.34. The lowest BCUT2D eigenvalue weighted by Gasteiger charge is -2.22. The standard InChI is InChI=1S/C14H18/c1-11-6-7-13-10-14(2,3)8-4-5-12(13)9-11/h4-7,9H,8,10H2,1-3H3. The Morgan fingerprint density at radius 3 is 2.79 bits per heavy atom. The van der Waals surface area contributed by atoms with Crippen molar-refractivity contribution in [2.24, 2.45) is 5.41 Å². The molecule has 0 radical (unpaired) electrons. The number of hydrogen-bond acceptors (Lipinski definition) is 0. The zero-order valence-corrected chi connectivity index (χ0v) is 9.30. The SMILES string of the molecule is Cc1ccc2c(c1)C=CCC(C)(C)C2. The average Bonchev–Trinajstić information content (AvgIpc) is 2.22. The Morgan fingerprint density at radius 2 is 2.00 bits per heavy atom. The molecule has 14 heavy (non-hydrogen) atoms. The minimum Gasteiger partial charge on any atom is -0.0834 e. The van der Waals surface area contributed by atoms with Gasteiger partial charge in [-0.25, -0.2) is 0 Å². The van der Waals surface area contributed by atoms with E-state index in [2.05, 4.69) is 51.1 Å². The van der Waals surface area contributed by atoms with E-state index in [-0.39, 0.29) is 0 Å². The molecule has 0 amide bonds. The fraction of sp³-hybridized carbons (Fsp3) is 0.429. The third-order valence-electron chi connectivity index (χ3n) is 2.94. The molecule has 0 unspecified atom stereocenters. The Bertz CT molecular complexity index is 370. The molecule has 0 spiro atoms. The molecule has 0 heterocycles. The zero-order valence-electron chi connectivity index (χ0n) is 9.30. The van der Waals surface area contributed by atoms with Crippen molar-refractivity contribution >= 4 is 6.08 Å². The Hall–Kier alpha value is -1.04. The van der Waals surface area contributed by atoms with Gasteiger partial charge in [0.1, 0.15) is 0 Å². The maximum Gasteiger partial charge on any atom is -0.0218 e. The predicted octanol–water partition coefficient (Wildman–Crippen LogP) is 3.98. The Labute approximate surface area is 86.7 Å². The number of aryl methyl sites for hydroxylation is 1. The summed E-state index contributed by atoms with van der Waals surface area (Å²) in [4.78, 5) is 0. The van der Waals surface area contributed by atoms with Gasteiger partial charge in [-0.2, -0.15) is 0 Å². The predicted molar refractivity (Wildman–Crippen MR) is 62.3 cm³/mol. The normalized spacial score (nSPS) is 18.8. The van der Waals surface area contributed by atoms with E-state index in [0.29, 0.717) is 5.41 Å². The fourth-order valence-electron chi connectivity index (χ4n) is 2.12. The van der Waals surface area contributed by atoms with Gasteiger partial charge in [-0.05, 0) is 36.3 Å². The van der Waals surface area contributed by atoms with Crippen molar-refractivity contribution in [2.45, 2.75) is 33.6 Å². The van der Waals surface area contributed by atoms with Crippen molar-refractivity contribution in [2.75, 3.05) is 0 Å². The maximum absolute atomic E-state index is 2.34. The van der Waals surface area contributed by atoms with Crippen LogP contribution < -0.4 is 0 Å². The Balaban J connectivity index is 2.45. The van der Waals surface area contributed by atoms with Crippen LogP contribution in [0.1, 0.15) is 37.0 Å². The monoisotopic (exact) mass is 186 g/mol. The van der Waals surface area contributed by atoms with Crippen LogP contribution in [0.15, 0.2) is 24.3 Å². The molecule has 0 aromatic heterocycles. The van der Waals surface area contributed by atoms with Crippen LogP contribution in [0.25, 0.3) is 6.08 Å². The summed E-state index contributed by atoms with van der Waals surface area (Å²) >= 11 is 0. The summed E-state index contributed by atoms with van der Waals surface area (Å²) in [5.41, 5.74) is 4.68. The lowest BCUT2D eigenvalue weighted by molar-refractivity contribution is 0.371. The molecule has 1 aromatic carbocycles. The van der Waals surface area contributed by atoms with Crippen molar-refractivity contribution in [3.05, 3.63) is 41.0 Å². The number of allylic oxidation sites excluding steroid dienone is 1. The molecule has 0 saturated carbocycles. The van der Waals surface area contributed by atoms with E-state index in [9.17, 15) is 0 Å². The topological polar surface area (TPSA) is 0 Å². The van der Waals surface area contributed by atoms with Crippen molar-refractivity contribution in [3.8, 4) is 0 Å². The number of fused-ring (bicyclic) bond motifs is 1. The van der Waals surface area contributed by atoms with Gasteiger partial charge in [0.05, 0.1) is 0 Å². The van der Waals surface area contributed by atoms with E-state index in [4.69, 9.17) is 0 Å². The van der Waals surface area contributed by atoms with E-state index in [1.54, 1.807) is 0 Å². The second kappa shape index (κ2) is 3.27. The molecule has 0 bridgehead atoms. The fourth-order valence-corrected chi connectivity index (χ4v) is 2.12. The van der Waals surface area contributed by atoms with Crippen LogP contribution in [0.2, 0.25) is 0 Å². The molecule has 1 aromatic rings. The molecular weight excluding hydrogens is 168 g/mol. The summed E-state index contributed by atoms with van der Waals surface area (Å²) in [7, 11) is 0. The molecule has 1 aliphatic carbocycles. The minimum absolute atomic E-state index is 0.414. The van der Waals surface area contributed by atoms with Crippen LogP contribution in [0.3, 0.4) is 0 Å². The average molecular weight is 186 g/mol. The second-order valence-electron chi connectivity index (χ2n) is 5.15. The number of rotatable bonds is 0. The molecule has 0 nitrogen and oxygen atoms in total. The zero-order chi connectivity index (χ0) is 10.2. The number of hydrogen-bond donors (Lipinski definition) is 0. The lowest BCUT2D eigenvalue weighted by Crippen LogP contribution is -2.13. The molecule has 0 saturated heterocycles. The van der Waals surface area contributed by atoms with Gasteiger partial charge in [0.2, 0.25) is 0 Å². The first-order chi connectivity index (χ1) is 6.57. The van der Waals surface area contributed by atoms with E-state index in [1.807, 2.05) is 0 Å². The van der Waals surface area contributed by atoms with Gasteiger partial charge in [-0.1, -0.05) is 49.8 Å². The molecule has 0 heteroatoms. The summed E-state index contributed by atoms with van der Waals surface area (Å²) in [5, 5.41) is 0. The van der Waals surface area contributed by atoms with Crippen molar-refractivity contribution < 1.29 is 0 Å². The summed E-state index contributed by atoms with van der Waals surface area (Å²) in [6.07, 6.45) is 6.96. The van der Waals surface area contributed by atoms with Crippen LogP contribution in [-0.4, -0.2) is 0 Å². The molecule has 0 N–H and O–H groups in total. The first kappa shape index (κ1) is 9.51. The highest BCUT2D eigenvalue weighted by atomic mass is 14.2. The van der Waals surface area contributed by atoms with Gasteiger partial charge in [0.25, 0.3) is 0 Å². The summed E-state index contributed by atoms with van der Waals surface area (Å²) in [5.74, 6) is 0. The van der Waals surface area contributed by atoms with Crippen LogP contribution >= 0.6 is 0 Å². The molecule has 0 aliphatic heterocycles. The van der Waals surface area contributed by atoms with E-state index in [0.717, 1.165) is 0 Å². The van der Waals surface area contributed by atoms with Gasteiger partial charge < -0.3 is 0 Å². The third-order valence-corrected chi connectivity index (χ3v) is 2.94. The van der Waals surface area contributed by atoms with Crippen LogP contribution in [0.4, 0.5) is 0 Å². The van der Waals surface area contributed by atoms with E-state index >= 15 is 0 Å². The molecule has 0 fully saturated rings. The Morgan fingerprint density at radius 1 is 1.21 bits per heavy atom. The summed E-state index contributed by atoms with van der Waals surface area (Å²) in [6.45, 7) is 6.84. The highest BCUT2D eigenvalue weighted by Gasteiger charge is 2.20. The highest BCUT2D eigenvalue weighted by Crippen LogP contribution is 2.31.